The van der Waals surface area contributed by atoms with Crippen LogP contribution < -0.4 is 9.80 Å². The molecule has 0 amide bonds. The van der Waals surface area contributed by atoms with Crippen molar-refractivity contribution in [3.63, 3.8) is 0 Å². The van der Waals surface area contributed by atoms with Gasteiger partial charge in [-0.3, -0.25) is 15.1 Å². The third-order valence-corrected chi connectivity index (χ3v) is 9.51. The number of hydrogen-bond acceptors (Lipinski definition) is 7. The molecule has 0 unspecified atom stereocenters. The number of piperidine rings is 2. The summed E-state index contributed by atoms with van der Waals surface area (Å²) in [5.41, 5.74) is 2.58. The van der Waals surface area contributed by atoms with Crippen LogP contribution in [0.15, 0.2) is 46.3 Å². The van der Waals surface area contributed by atoms with Crippen molar-refractivity contribution in [3.05, 3.63) is 52.1 Å². The number of anilines is 2. The largest absolute Gasteiger partial charge is 0.370 e. The highest BCUT2D eigenvalue weighted by Gasteiger charge is 2.30. The van der Waals surface area contributed by atoms with E-state index in [9.17, 15) is 18.5 Å². The van der Waals surface area contributed by atoms with Crippen LogP contribution in [0.2, 0.25) is 0 Å². The van der Waals surface area contributed by atoms with Gasteiger partial charge in [-0.15, -0.1) is 0 Å². The monoisotopic (exact) mass is 525 g/mol. The van der Waals surface area contributed by atoms with Crippen molar-refractivity contribution in [1.29, 1.82) is 0 Å². The minimum Gasteiger partial charge on any atom is -0.370 e. The molecule has 198 valence electrons. The minimum atomic E-state index is -3.66. The molecule has 9 nitrogen and oxygen atoms in total. The molecule has 0 bridgehead atoms. The van der Waals surface area contributed by atoms with Crippen LogP contribution in [0.1, 0.15) is 56.9 Å². The SMILES string of the molecule is O=[N+]([O-])c1cc(C=Nc2ccc(N3CCCCC3)c(S(=O)(=O)N3CCCCC3)c2)ccc1N1CCCC1. The maximum absolute atomic E-state index is 13.7. The molecular formula is C27H35N5O4S. The van der Waals surface area contributed by atoms with Crippen LogP contribution in [-0.4, -0.2) is 63.1 Å². The van der Waals surface area contributed by atoms with Gasteiger partial charge in [0.1, 0.15) is 10.6 Å². The Morgan fingerprint density at radius 2 is 1.32 bits per heavy atom. The van der Waals surface area contributed by atoms with E-state index in [1.807, 2.05) is 18.2 Å². The lowest BCUT2D eigenvalue weighted by Gasteiger charge is -2.32. The molecule has 0 aliphatic carbocycles. The summed E-state index contributed by atoms with van der Waals surface area (Å²) in [7, 11) is -3.66. The third-order valence-electron chi connectivity index (χ3n) is 7.58. The van der Waals surface area contributed by atoms with Gasteiger partial charge in [0.25, 0.3) is 5.69 Å². The van der Waals surface area contributed by atoms with E-state index in [0.717, 1.165) is 83.2 Å². The average molecular weight is 526 g/mol. The van der Waals surface area contributed by atoms with E-state index in [-0.39, 0.29) is 10.6 Å². The molecule has 3 fully saturated rings. The normalized spacial score (nSPS) is 19.6. The fourth-order valence-electron chi connectivity index (χ4n) is 5.57. The fourth-order valence-corrected chi connectivity index (χ4v) is 7.32. The molecule has 0 spiro atoms. The second-order valence-electron chi connectivity index (χ2n) is 10.1. The van der Waals surface area contributed by atoms with E-state index in [4.69, 9.17) is 0 Å². The van der Waals surface area contributed by atoms with Crippen molar-refractivity contribution >= 4 is 39.0 Å². The molecule has 3 aliphatic rings. The van der Waals surface area contributed by atoms with E-state index in [0.29, 0.717) is 34.9 Å². The van der Waals surface area contributed by atoms with Gasteiger partial charge in [-0.05, 0) is 74.8 Å². The van der Waals surface area contributed by atoms with Gasteiger partial charge in [0.2, 0.25) is 10.0 Å². The van der Waals surface area contributed by atoms with Gasteiger partial charge < -0.3 is 9.80 Å². The molecule has 0 saturated carbocycles. The predicted octanol–water partition coefficient (Wildman–Crippen LogP) is 5.11. The molecule has 37 heavy (non-hydrogen) atoms. The Morgan fingerprint density at radius 3 is 1.97 bits per heavy atom. The number of benzene rings is 2. The fraction of sp³-hybridized carbons (Fsp3) is 0.519. The molecule has 0 radical (unpaired) electrons. The van der Waals surface area contributed by atoms with Crippen molar-refractivity contribution in [1.82, 2.24) is 4.31 Å². The summed E-state index contributed by atoms with van der Waals surface area (Å²) in [6, 6.07) is 10.5. The van der Waals surface area contributed by atoms with Crippen LogP contribution in [0.5, 0.6) is 0 Å². The average Bonchev–Trinajstić information content (AvgIpc) is 3.47. The molecule has 5 rings (SSSR count). The van der Waals surface area contributed by atoms with Gasteiger partial charge >= 0.3 is 0 Å². The summed E-state index contributed by atoms with van der Waals surface area (Å²) in [4.78, 5) is 20.5. The van der Waals surface area contributed by atoms with E-state index in [1.54, 1.807) is 28.7 Å². The Balaban J connectivity index is 1.47. The Labute approximate surface area is 219 Å². The smallest absolute Gasteiger partial charge is 0.293 e. The molecule has 10 heteroatoms. The lowest BCUT2D eigenvalue weighted by Crippen LogP contribution is -2.37. The molecule has 0 atom stereocenters. The Bertz CT molecular complexity index is 1260. The number of nitro benzene ring substituents is 1. The molecule has 3 saturated heterocycles. The number of nitro groups is 1. The number of nitrogens with zero attached hydrogens (tertiary/aromatic N) is 5. The number of aliphatic imine (C=N–C) groups is 1. The van der Waals surface area contributed by atoms with E-state index < -0.39 is 10.0 Å². The van der Waals surface area contributed by atoms with Crippen molar-refractivity contribution in [2.75, 3.05) is 49.1 Å². The first kappa shape index (κ1) is 25.7. The van der Waals surface area contributed by atoms with E-state index >= 15 is 0 Å². The Kier molecular flexibility index (Phi) is 7.76. The molecule has 0 N–H and O–H groups in total. The zero-order valence-electron chi connectivity index (χ0n) is 21.2. The standard InChI is InChI=1S/C27H35N5O4S/c33-32(34)26-19-22(9-11-24(26)29-15-7-8-16-29)21-28-23-10-12-25(30-13-3-1-4-14-30)27(20-23)37(35,36)31-17-5-2-6-18-31/h9-12,19-21H,1-8,13-18H2. The first-order valence-corrected chi connectivity index (χ1v) is 14.8. The van der Waals surface area contributed by atoms with Gasteiger partial charge in [-0.25, -0.2) is 8.42 Å². The summed E-state index contributed by atoms with van der Waals surface area (Å²) >= 11 is 0. The van der Waals surface area contributed by atoms with Gasteiger partial charge in [0.05, 0.1) is 16.3 Å². The summed E-state index contributed by atoms with van der Waals surface area (Å²) in [6.07, 6.45) is 9.73. The first-order chi connectivity index (χ1) is 17.9. The van der Waals surface area contributed by atoms with Gasteiger partial charge in [0.15, 0.2) is 0 Å². The van der Waals surface area contributed by atoms with Crippen LogP contribution in [0, 0.1) is 10.1 Å². The van der Waals surface area contributed by atoms with Crippen LogP contribution in [0.4, 0.5) is 22.7 Å². The highest BCUT2D eigenvalue weighted by molar-refractivity contribution is 7.89. The lowest BCUT2D eigenvalue weighted by molar-refractivity contribution is -0.384. The summed E-state index contributed by atoms with van der Waals surface area (Å²) in [5, 5.41) is 11.8. The molecule has 3 aliphatic heterocycles. The highest BCUT2D eigenvalue weighted by atomic mass is 32.2. The minimum absolute atomic E-state index is 0.0691. The van der Waals surface area contributed by atoms with Crippen LogP contribution >= 0.6 is 0 Å². The van der Waals surface area contributed by atoms with Crippen molar-refractivity contribution in [2.45, 2.75) is 56.3 Å². The zero-order valence-corrected chi connectivity index (χ0v) is 22.0. The molecule has 2 aromatic rings. The maximum Gasteiger partial charge on any atom is 0.293 e. The Hall–Kier alpha value is -2.98. The van der Waals surface area contributed by atoms with Crippen LogP contribution in [-0.2, 0) is 10.0 Å². The third kappa shape index (κ3) is 5.65. The van der Waals surface area contributed by atoms with Crippen molar-refractivity contribution in [2.24, 2.45) is 4.99 Å². The van der Waals surface area contributed by atoms with Gasteiger partial charge in [-0.2, -0.15) is 4.31 Å². The van der Waals surface area contributed by atoms with E-state index in [1.165, 1.54) is 0 Å². The predicted molar refractivity (Wildman–Crippen MR) is 147 cm³/mol. The lowest BCUT2D eigenvalue weighted by atomic mass is 10.1. The van der Waals surface area contributed by atoms with Crippen molar-refractivity contribution < 1.29 is 13.3 Å². The summed E-state index contributed by atoms with van der Waals surface area (Å²) in [6.45, 7) is 4.43. The zero-order chi connectivity index (χ0) is 25.8. The second kappa shape index (κ2) is 11.2. The van der Waals surface area contributed by atoms with Crippen molar-refractivity contribution in [3.8, 4) is 0 Å². The molecule has 3 heterocycles. The van der Waals surface area contributed by atoms with Crippen LogP contribution in [0.25, 0.3) is 0 Å². The van der Waals surface area contributed by atoms with Gasteiger partial charge in [-0.1, -0.05) is 12.5 Å². The number of sulfonamides is 1. The maximum atomic E-state index is 13.7. The first-order valence-electron chi connectivity index (χ1n) is 13.4. The van der Waals surface area contributed by atoms with E-state index in [2.05, 4.69) is 14.8 Å². The Morgan fingerprint density at radius 1 is 0.757 bits per heavy atom. The topological polar surface area (TPSA) is 99.4 Å². The quantitative estimate of drug-likeness (QED) is 0.283. The molecular weight excluding hydrogens is 490 g/mol. The summed E-state index contributed by atoms with van der Waals surface area (Å²) < 4.78 is 29.1. The molecule has 0 aromatic heterocycles. The van der Waals surface area contributed by atoms with Gasteiger partial charge in [0, 0.05) is 51.5 Å². The second-order valence-corrected chi connectivity index (χ2v) is 12.0. The number of hydrogen-bond donors (Lipinski definition) is 0. The van der Waals surface area contributed by atoms with Crippen LogP contribution in [0.3, 0.4) is 0 Å². The summed E-state index contributed by atoms with van der Waals surface area (Å²) in [5.74, 6) is 0. The number of rotatable bonds is 7. The molecule has 2 aromatic carbocycles. The highest BCUT2D eigenvalue weighted by Crippen LogP contribution is 2.35.